The quantitative estimate of drug-likeness (QED) is 0.557. The second-order valence-electron chi connectivity index (χ2n) is 7.40. The van der Waals surface area contributed by atoms with Crippen molar-refractivity contribution in [3.63, 3.8) is 0 Å². The number of phenolic OH excluding ortho intramolecular Hbond substituents is 1. The molecule has 0 bridgehead atoms. The maximum atomic E-state index is 10.5. The topological polar surface area (TPSA) is 48.9 Å². The Labute approximate surface area is 174 Å². The first-order valence-corrected chi connectivity index (χ1v) is 10.2. The summed E-state index contributed by atoms with van der Waals surface area (Å²) in [5.41, 5.74) is 6.83. The highest BCUT2D eigenvalue weighted by Gasteiger charge is 2.29. The summed E-state index contributed by atoms with van der Waals surface area (Å²) in [6.45, 7) is 4.19. The van der Waals surface area contributed by atoms with Gasteiger partial charge in [-0.3, -0.25) is 0 Å². The summed E-state index contributed by atoms with van der Waals surface area (Å²) < 4.78 is 0.962. The first kappa shape index (κ1) is 18.8. The van der Waals surface area contributed by atoms with Crippen LogP contribution in [-0.2, 0) is 0 Å². The summed E-state index contributed by atoms with van der Waals surface area (Å²) in [7, 11) is 0. The number of phenols is 1. The highest BCUT2D eigenvalue weighted by atomic mass is 79.9. The van der Waals surface area contributed by atoms with Crippen LogP contribution in [0.5, 0.6) is 5.75 Å². The van der Waals surface area contributed by atoms with Gasteiger partial charge in [0.05, 0.1) is 5.56 Å². The standard InChI is InChI=1S/C24H23BrN2O/c1-15-3-7-17(8-4-15)21-14-22(20-13-19(25)11-12-23(20)28)27-24(26-21)18-9-5-16(2)6-10-18/h3-14,22,24,26-28H,1-2H3/p+1. The molecule has 4 heteroatoms. The summed E-state index contributed by atoms with van der Waals surface area (Å²) in [5.74, 6) is 0.313. The van der Waals surface area contributed by atoms with Crippen molar-refractivity contribution in [1.29, 1.82) is 0 Å². The fourth-order valence-electron chi connectivity index (χ4n) is 3.57. The number of nitrogens with one attached hydrogen (secondary N) is 1. The van der Waals surface area contributed by atoms with E-state index in [2.05, 4.69) is 95.0 Å². The lowest BCUT2D eigenvalue weighted by Crippen LogP contribution is -2.89. The molecule has 0 saturated heterocycles. The van der Waals surface area contributed by atoms with Crippen LogP contribution in [0.4, 0.5) is 0 Å². The lowest BCUT2D eigenvalue weighted by molar-refractivity contribution is -0.731. The van der Waals surface area contributed by atoms with Crippen LogP contribution in [0.3, 0.4) is 0 Å². The van der Waals surface area contributed by atoms with E-state index in [1.54, 1.807) is 6.07 Å². The van der Waals surface area contributed by atoms with Crippen LogP contribution in [-0.4, -0.2) is 5.11 Å². The van der Waals surface area contributed by atoms with Crippen LogP contribution in [0.15, 0.2) is 77.3 Å². The third kappa shape index (κ3) is 3.98. The fourth-order valence-corrected chi connectivity index (χ4v) is 3.95. The molecule has 3 aromatic rings. The predicted molar refractivity (Wildman–Crippen MR) is 117 cm³/mol. The molecule has 0 aliphatic carbocycles. The predicted octanol–water partition coefficient (Wildman–Crippen LogP) is 4.72. The summed E-state index contributed by atoms with van der Waals surface area (Å²) in [6, 6.07) is 22.8. The van der Waals surface area contributed by atoms with Gasteiger partial charge in [0.15, 0.2) is 6.17 Å². The molecule has 0 saturated carbocycles. The van der Waals surface area contributed by atoms with Gasteiger partial charge in [0.25, 0.3) is 0 Å². The largest absolute Gasteiger partial charge is 0.507 e. The van der Waals surface area contributed by atoms with Gasteiger partial charge in [-0.05, 0) is 37.6 Å². The van der Waals surface area contributed by atoms with E-state index in [9.17, 15) is 5.11 Å². The summed E-state index contributed by atoms with van der Waals surface area (Å²) in [4.78, 5) is 0. The van der Waals surface area contributed by atoms with Crippen molar-refractivity contribution < 1.29 is 10.4 Å². The number of aryl methyl sites for hydroxylation is 2. The Bertz CT molecular complexity index is 1010. The second kappa shape index (κ2) is 7.82. The number of halogens is 1. The molecule has 2 unspecified atom stereocenters. The highest BCUT2D eigenvalue weighted by Crippen LogP contribution is 2.31. The van der Waals surface area contributed by atoms with E-state index in [1.807, 2.05) is 12.1 Å². The molecule has 1 heterocycles. The molecule has 142 valence electrons. The maximum absolute atomic E-state index is 10.5. The molecule has 4 rings (SSSR count). The van der Waals surface area contributed by atoms with Crippen molar-refractivity contribution in [3.8, 4) is 5.75 Å². The first-order chi connectivity index (χ1) is 13.5. The van der Waals surface area contributed by atoms with Crippen LogP contribution >= 0.6 is 15.9 Å². The lowest BCUT2D eigenvalue weighted by atomic mass is 9.97. The van der Waals surface area contributed by atoms with Crippen LogP contribution in [0, 0.1) is 13.8 Å². The Kier molecular flexibility index (Phi) is 5.25. The molecule has 4 N–H and O–H groups in total. The molecule has 1 aliphatic heterocycles. The molecular formula is C24H24BrN2O+. The van der Waals surface area contributed by atoms with Crippen molar-refractivity contribution >= 4 is 21.6 Å². The number of nitrogens with two attached hydrogens (primary N) is 1. The van der Waals surface area contributed by atoms with Crippen molar-refractivity contribution in [3.05, 3.63) is 105 Å². The van der Waals surface area contributed by atoms with E-state index in [4.69, 9.17) is 0 Å². The van der Waals surface area contributed by atoms with Gasteiger partial charge in [0.2, 0.25) is 0 Å². The summed E-state index contributed by atoms with van der Waals surface area (Å²) in [5, 5.41) is 16.4. The van der Waals surface area contributed by atoms with Gasteiger partial charge >= 0.3 is 0 Å². The molecule has 28 heavy (non-hydrogen) atoms. The van der Waals surface area contributed by atoms with Gasteiger partial charge < -0.3 is 15.7 Å². The van der Waals surface area contributed by atoms with Gasteiger partial charge in [-0.1, -0.05) is 75.6 Å². The van der Waals surface area contributed by atoms with Crippen LogP contribution in [0.1, 0.15) is 40.0 Å². The third-order valence-corrected chi connectivity index (χ3v) is 5.70. The van der Waals surface area contributed by atoms with E-state index in [0.29, 0.717) is 5.75 Å². The second-order valence-corrected chi connectivity index (χ2v) is 8.32. The zero-order valence-corrected chi connectivity index (χ0v) is 17.6. The summed E-state index contributed by atoms with van der Waals surface area (Å²) in [6.07, 6.45) is 2.25. The SMILES string of the molecule is Cc1ccc(C2=CC(c3cc(Br)ccc3O)[NH2+]C(c3ccc(C)cc3)N2)cc1. The molecular weight excluding hydrogens is 412 g/mol. The average Bonchev–Trinajstić information content (AvgIpc) is 2.70. The Morgan fingerprint density at radius 1 is 0.893 bits per heavy atom. The number of hydrogen-bond donors (Lipinski definition) is 3. The number of aromatic hydroxyl groups is 1. The molecule has 3 nitrogen and oxygen atoms in total. The van der Waals surface area contributed by atoms with Gasteiger partial charge in [-0.15, -0.1) is 0 Å². The molecule has 0 spiro atoms. The van der Waals surface area contributed by atoms with Crippen LogP contribution in [0.2, 0.25) is 0 Å². The molecule has 2 atom stereocenters. The van der Waals surface area contributed by atoms with Crippen molar-refractivity contribution in [2.75, 3.05) is 0 Å². The number of hydrogen-bond acceptors (Lipinski definition) is 2. The zero-order valence-electron chi connectivity index (χ0n) is 16.0. The van der Waals surface area contributed by atoms with Gasteiger partial charge in [-0.25, -0.2) is 0 Å². The van der Waals surface area contributed by atoms with Gasteiger partial charge in [0.1, 0.15) is 11.8 Å². The number of rotatable bonds is 3. The monoisotopic (exact) mass is 435 g/mol. The fraction of sp³-hybridized carbons (Fsp3) is 0.167. The smallest absolute Gasteiger partial charge is 0.186 e. The maximum Gasteiger partial charge on any atom is 0.186 e. The Balaban J connectivity index is 1.76. The Morgan fingerprint density at radius 2 is 1.54 bits per heavy atom. The minimum Gasteiger partial charge on any atom is -0.507 e. The lowest BCUT2D eigenvalue weighted by Gasteiger charge is -2.30. The molecule has 0 fully saturated rings. The molecule has 3 aromatic carbocycles. The van der Waals surface area contributed by atoms with Crippen molar-refractivity contribution in [2.45, 2.75) is 26.1 Å². The Morgan fingerprint density at radius 3 is 2.21 bits per heavy atom. The first-order valence-electron chi connectivity index (χ1n) is 9.45. The molecule has 0 aromatic heterocycles. The minimum atomic E-state index is 0.00126. The van der Waals surface area contributed by atoms with Crippen molar-refractivity contribution in [2.24, 2.45) is 0 Å². The van der Waals surface area contributed by atoms with E-state index >= 15 is 0 Å². The number of quaternary nitrogens is 1. The van der Waals surface area contributed by atoms with Crippen molar-refractivity contribution in [1.82, 2.24) is 5.32 Å². The molecule has 0 amide bonds. The number of benzene rings is 3. The Hall–Kier alpha value is -2.56. The zero-order chi connectivity index (χ0) is 19.7. The van der Waals surface area contributed by atoms with E-state index < -0.39 is 0 Å². The van der Waals surface area contributed by atoms with Gasteiger partial charge in [-0.2, -0.15) is 0 Å². The normalized spacial score (nSPS) is 19.0. The van der Waals surface area contributed by atoms with E-state index in [-0.39, 0.29) is 12.2 Å². The highest BCUT2D eigenvalue weighted by molar-refractivity contribution is 9.10. The average molecular weight is 436 g/mol. The molecule has 0 radical (unpaired) electrons. The minimum absolute atomic E-state index is 0.00126. The third-order valence-electron chi connectivity index (χ3n) is 5.20. The van der Waals surface area contributed by atoms with E-state index in [0.717, 1.165) is 21.3 Å². The van der Waals surface area contributed by atoms with Gasteiger partial charge in [0, 0.05) is 21.8 Å². The molecule has 1 aliphatic rings. The summed E-state index contributed by atoms with van der Waals surface area (Å²) >= 11 is 3.54. The van der Waals surface area contributed by atoms with E-state index in [1.165, 1.54) is 16.7 Å². The van der Waals surface area contributed by atoms with Crippen LogP contribution < -0.4 is 10.6 Å². The van der Waals surface area contributed by atoms with Crippen LogP contribution in [0.25, 0.3) is 5.70 Å².